The summed E-state index contributed by atoms with van der Waals surface area (Å²) in [7, 11) is 0. The zero-order chi connectivity index (χ0) is 20.0. The highest BCUT2D eigenvalue weighted by Gasteiger charge is 2.23. The Kier molecular flexibility index (Phi) is 5.42. The third kappa shape index (κ3) is 3.62. The Morgan fingerprint density at radius 2 is 2.10 bits per heavy atom. The number of imidazole rings is 1. The summed E-state index contributed by atoms with van der Waals surface area (Å²) in [4.78, 5) is 20.9. The molecule has 0 fully saturated rings. The largest absolute Gasteiger partial charge is 0.351 e. The van der Waals surface area contributed by atoms with Gasteiger partial charge in [0, 0.05) is 35.5 Å². The van der Waals surface area contributed by atoms with E-state index in [9.17, 15) is 4.39 Å². The Morgan fingerprint density at radius 3 is 2.90 bits per heavy atom. The Morgan fingerprint density at radius 1 is 1.23 bits per heavy atom. The van der Waals surface area contributed by atoms with E-state index >= 15 is 0 Å². The summed E-state index contributed by atoms with van der Waals surface area (Å²) in [6.07, 6.45) is 8.98. The van der Waals surface area contributed by atoms with E-state index in [1.54, 1.807) is 17.0 Å². The van der Waals surface area contributed by atoms with Gasteiger partial charge < -0.3 is 10.3 Å². The van der Waals surface area contributed by atoms with E-state index in [0.717, 1.165) is 41.9 Å². The Balaban J connectivity index is 0.00000218. The van der Waals surface area contributed by atoms with Crippen molar-refractivity contribution >= 4 is 25.1 Å². The molecule has 0 aliphatic heterocycles. The predicted octanol–water partition coefficient (Wildman–Crippen LogP) is 3.25. The van der Waals surface area contributed by atoms with Gasteiger partial charge in [-0.1, -0.05) is 13.8 Å². The molecule has 0 bridgehead atoms. The van der Waals surface area contributed by atoms with Gasteiger partial charge in [0.2, 0.25) is 5.95 Å². The minimum atomic E-state index is -0.419. The number of aromatic amines is 1. The summed E-state index contributed by atoms with van der Waals surface area (Å²) < 4.78 is 15.5. The van der Waals surface area contributed by atoms with Gasteiger partial charge in [0.1, 0.15) is 5.82 Å². The summed E-state index contributed by atoms with van der Waals surface area (Å²) in [5, 5.41) is 8.03. The molecule has 0 radical (unpaired) electrons. The molecule has 2 N–H and O–H groups in total. The molecule has 0 saturated carbocycles. The van der Waals surface area contributed by atoms with E-state index in [2.05, 4.69) is 49.2 Å². The first-order chi connectivity index (χ1) is 14.1. The highest BCUT2D eigenvalue weighted by molar-refractivity contribution is 7.59. The average Bonchev–Trinajstić information content (AvgIpc) is 3.34. The molecule has 10 heteroatoms. The van der Waals surface area contributed by atoms with Crippen LogP contribution in [0, 0.1) is 5.82 Å². The number of aromatic nitrogens is 7. The first-order valence-electron chi connectivity index (χ1n) is 9.72. The first-order valence-corrected chi connectivity index (χ1v) is 9.72. The topological polar surface area (TPSA) is 96.7 Å². The van der Waals surface area contributed by atoms with Crippen LogP contribution in [-0.4, -0.2) is 40.6 Å². The van der Waals surface area contributed by atoms with Crippen LogP contribution < -0.4 is 5.32 Å². The lowest BCUT2D eigenvalue weighted by molar-refractivity contribution is 0.590. The van der Waals surface area contributed by atoms with Crippen molar-refractivity contribution in [1.82, 2.24) is 34.5 Å². The van der Waals surface area contributed by atoms with E-state index in [4.69, 9.17) is 0 Å². The molecule has 30 heavy (non-hydrogen) atoms. The maximum Gasteiger partial charge on any atom is 0.228 e. The van der Waals surface area contributed by atoms with Crippen molar-refractivity contribution in [2.75, 3.05) is 5.32 Å². The van der Waals surface area contributed by atoms with Crippen LogP contribution in [0.25, 0.3) is 17.0 Å². The highest BCUT2D eigenvalue weighted by Crippen LogP contribution is 2.26. The third-order valence-corrected chi connectivity index (χ3v) is 5.30. The molecule has 4 aromatic heterocycles. The minimum Gasteiger partial charge on any atom is -0.351 e. The second-order valence-corrected chi connectivity index (χ2v) is 7.66. The van der Waals surface area contributed by atoms with Crippen molar-refractivity contribution < 1.29 is 4.39 Å². The fourth-order valence-electron chi connectivity index (χ4n) is 3.77. The number of nitrogens with zero attached hydrogens (tertiary/aromatic N) is 6. The molecular weight excluding hydrogens is 403 g/mol. The molecule has 0 aromatic carbocycles. The average molecular weight is 427 g/mol. The lowest BCUT2D eigenvalue weighted by Crippen LogP contribution is -2.29. The molecule has 8 nitrogen and oxygen atoms in total. The molecule has 1 aliphatic carbocycles. The van der Waals surface area contributed by atoms with Gasteiger partial charge in [0.05, 0.1) is 24.4 Å². The molecule has 156 valence electrons. The van der Waals surface area contributed by atoms with Crippen LogP contribution in [0.5, 0.6) is 0 Å². The predicted molar refractivity (Wildman–Crippen MR) is 116 cm³/mol. The van der Waals surface area contributed by atoms with E-state index in [-0.39, 0.29) is 25.5 Å². The highest BCUT2D eigenvalue weighted by atomic mass is 32.1. The zero-order valence-electron chi connectivity index (χ0n) is 16.7. The van der Waals surface area contributed by atoms with E-state index in [1.165, 1.54) is 12.3 Å². The number of halogens is 1. The third-order valence-electron chi connectivity index (χ3n) is 5.30. The van der Waals surface area contributed by atoms with Crippen molar-refractivity contribution in [2.24, 2.45) is 0 Å². The van der Waals surface area contributed by atoms with Crippen LogP contribution in [0.15, 0.2) is 31.0 Å². The second kappa shape index (κ2) is 8.02. The number of rotatable bonds is 4. The Bertz CT molecular complexity index is 1180. The fraction of sp³-hybridized carbons (Fsp3) is 0.350. The SMILES string of the molecule is CC(C)c1cnn2c(N[C@@H]3CCc4nc[nH]c4C3)nc(-c3cncc(F)c3)nc12.S. The molecule has 5 rings (SSSR count). The van der Waals surface area contributed by atoms with E-state index < -0.39 is 5.82 Å². The number of hydrogen-bond donors (Lipinski definition) is 2. The normalized spacial score (nSPS) is 15.8. The molecule has 0 amide bonds. The van der Waals surface area contributed by atoms with Gasteiger partial charge in [0.15, 0.2) is 11.5 Å². The number of hydrogen-bond acceptors (Lipinski definition) is 6. The summed E-state index contributed by atoms with van der Waals surface area (Å²) in [5.41, 5.74) is 4.54. The van der Waals surface area contributed by atoms with Gasteiger partial charge in [-0.3, -0.25) is 4.98 Å². The number of fused-ring (bicyclic) bond motifs is 2. The number of anilines is 1. The molecule has 1 atom stereocenters. The summed E-state index contributed by atoms with van der Waals surface area (Å²) in [6.45, 7) is 4.19. The number of nitrogens with one attached hydrogen (secondary N) is 2. The van der Waals surface area contributed by atoms with Crippen LogP contribution in [0.4, 0.5) is 10.3 Å². The van der Waals surface area contributed by atoms with Crippen molar-refractivity contribution in [3.8, 4) is 11.4 Å². The molecule has 1 aliphatic rings. The first kappa shape index (κ1) is 20.3. The van der Waals surface area contributed by atoms with Crippen molar-refractivity contribution in [3.05, 3.63) is 53.8 Å². The Hall–Kier alpha value is -3.01. The van der Waals surface area contributed by atoms with Gasteiger partial charge in [-0.2, -0.15) is 28.1 Å². The van der Waals surface area contributed by atoms with Crippen LogP contribution >= 0.6 is 13.5 Å². The Labute approximate surface area is 179 Å². The zero-order valence-corrected chi connectivity index (χ0v) is 17.7. The van der Waals surface area contributed by atoms with Gasteiger partial charge in [-0.25, -0.2) is 14.4 Å². The van der Waals surface area contributed by atoms with Gasteiger partial charge in [0.25, 0.3) is 0 Å². The lowest BCUT2D eigenvalue weighted by atomic mass is 9.96. The summed E-state index contributed by atoms with van der Waals surface area (Å²) in [5.74, 6) is 0.842. The van der Waals surface area contributed by atoms with Crippen LogP contribution in [0.3, 0.4) is 0 Å². The molecule has 0 saturated heterocycles. The lowest BCUT2D eigenvalue weighted by Gasteiger charge is -2.23. The monoisotopic (exact) mass is 426 g/mol. The smallest absolute Gasteiger partial charge is 0.228 e. The van der Waals surface area contributed by atoms with E-state index in [0.29, 0.717) is 17.3 Å². The molecule has 0 unspecified atom stereocenters. The number of H-pyrrole nitrogens is 1. The molecule has 4 heterocycles. The number of aryl methyl sites for hydroxylation is 1. The van der Waals surface area contributed by atoms with Gasteiger partial charge in [-0.15, -0.1) is 0 Å². The standard InChI is InChI=1S/C20H21FN8.H2S/c1-11(2)15-9-25-29-19(15)27-18(12-5-13(21)8-22-7-12)28-20(29)26-14-3-4-16-17(6-14)24-10-23-16;/h5,7-11,14H,3-4,6H2,1-2H3,(H,23,24)(H,26,27,28);1H2/t14-;/m1./s1. The maximum absolute atomic E-state index is 13.7. The van der Waals surface area contributed by atoms with Crippen molar-refractivity contribution in [3.63, 3.8) is 0 Å². The van der Waals surface area contributed by atoms with Crippen LogP contribution in [0.1, 0.15) is 43.1 Å². The minimum absolute atomic E-state index is 0. The fourth-order valence-corrected chi connectivity index (χ4v) is 3.77. The van der Waals surface area contributed by atoms with E-state index in [1.807, 2.05) is 6.20 Å². The second-order valence-electron chi connectivity index (χ2n) is 7.66. The van der Waals surface area contributed by atoms with Crippen LogP contribution in [0.2, 0.25) is 0 Å². The van der Waals surface area contributed by atoms with Crippen molar-refractivity contribution in [1.29, 1.82) is 0 Å². The quantitative estimate of drug-likeness (QED) is 0.520. The van der Waals surface area contributed by atoms with Gasteiger partial charge >= 0.3 is 0 Å². The van der Waals surface area contributed by atoms with Crippen molar-refractivity contribution in [2.45, 2.75) is 45.1 Å². The maximum atomic E-state index is 13.7. The summed E-state index contributed by atoms with van der Waals surface area (Å²) >= 11 is 0. The summed E-state index contributed by atoms with van der Waals surface area (Å²) in [6, 6.07) is 1.58. The molecular formula is C20H23FN8S. The molecule has 4 aromatic rings. The van der Waals surface area contributed by atoms with Crippen LogP contribution in [-0.2, 0) is 12.8 Å². The molecule has 0 spiro atoms. The van der Waals surface area contributed by atoms with Gasteiger partial charge in [-0.05, 0) is 24.8 Å². The number of pyridine rings is 1.